The number of halogens is 1. The van der Waals surface area contributed by atoms with Crippen LogP contribution in [-0.2, 0) is 15.6 Å². The highest BCUT2D eigenvalue weighted by atomic mass is 35.5. The summed E-state index contributed by atoms with van der Waals surface area (Å²) in [5.41, 5.74) is 5.96. The quantitative estimate of drug-likeness (QED) is 0.728. The molecule has 0 radical (unpaired) electrons. The molecule has 2 atom stereocenters. The molecule has 1 rings (SSSR count). The highest BCUT2D eigenvalue weighted by Crippen LogP contribution is 2.27. The highest BCUT2D eigenvalue weighted by molar-refractivity contribution is 7.86. The Morgan fingerprint density at radius 3 is 2.65 bits per heavy atom. The molecule has 0 saturated heterocycles. The molecule has 1 aromatic rings. The number of benzene rings is 1. The molecule has 2 unspecified atom stereocenters. The molecule has 8 heteroatoms. The smallest absolute Gasteiger partial charge is 0.321 e. The Morgan fingerprint density at radius 2 is 2.10 bits per heavy atom. The standard InChI is InChI=1S/C12H16ClN3O3S/c1-3-15-12(18)16-11(17)7(2)20(19)10-8(13)5-4-6-9(10)14/h4-7H,3,14H2,1-2H3,(H2,15,16,17,18). The van der Waals surface area contributed by atoms with Crippen molar-refractivity contribution >= 4 is 40.0 Å². The molecule has 0 saturated carbocycles. The highest BCUT2D eigenvalue weighted by Gasteiger charge is 2.25. The van der Waals surface area contributed by atoms with Crippen LogP contribution in [0.25, 0.3) is 0 Å². The van der Waals surface area contributed by atoms with Crippen LogP contribution in [-0.4, -0.2) is 27.9 Å². The Kier molecular flexibility index (Phi) is 5.97. The van der Waals surface area contributed by atoms with Crippen LogP contribution in [0.4, 0.5) is 10.5 Å². The fourth-order valence-electron chi connectivity index (χ4n) is 1.43. The molecule has 0 aliphatic carbocycles. The van der Waals surface area contributed by atoms with Crippen molar-refractivity contribution in [2.45, 2.75) is 24.0 Å². The lowest BCUT2D eigenvalue weighted by Gasteiger charge is -2.14. The van der Waals surface area contributed by atoms with Crippen molar-refractivity contribution in [3.05, 3.63) is 23.2 Å². The van der Waals surface area contributed by atoms with Gasteiger partial charge < -0.3 is 11.1 Å². The minimum Gasteiger partial charge on any atom is -0.398 e. The normalized spacial score (nSPS) is 13.3. The van der Waals surface area contributed by atoms with Crippen LogP contribution in [0.3, 0.4) is 0 Å². The van der Waals surface area contributed by atoms with Crippen molar-refractivity contribution in [2.75, 3.05) is 12.3 Å². The summed E-state index contributed by atoms with van der Waals surface area (Å²) < 4.78 is 12.3. The number of amides is 3. The zero-order valence-electron chi connectivity index (χ0n) is 11.1. The SMILES string of the molecule is CCNC(=O)NC(=O)C(C)S(=O)c1c(N)cccc1Cl. The molecule has 0 aromatic heterocycles. The number of nitrogen functional groups attached to an aromatic ring is 1. The number of rotatable bonds is 4. The first-order valence-electron chi connectivity index (χ1n) is 5.91. The van der Waals surface area contributed by atoms with Gasteiger partial charge in [0.1, 0.15) is 5.25 Å². The number of urea groups is 1. The van der Waals surface area contributed by atoms with Gasteiger partial charge in [-0.2, -0.15) is 0 Å². The number of anilines is 1. The van der Waals surface area contributed by atoms with Crippen molar-refractivity contribution in [3.63, 3.8) is 0 Å². The molecule has 110 valence electrons. The Balaban J connectivity index is 2.86. The van der Waals surface area contributed by atoms with E-state index in [4.69, 9.17) is 17.3 Å². The predicted octanol–water partition coefficient (Wildman–Crippen LogP) is 1.26. The minimum atomic E-state index is -1.75. The number of carbonyl (C=O) groups is 2. The second kappa shape index (κ2) is 7.25. The molecule has 6 nitrogen and oxygen atoms in total. The average Bonchev–Trinajstić information content (AvgIpc) is 2.37. The van der Waals surface area contributed by atoms with E-state index in [1.807, 2.05) is 0 Å². The first-order chi connectivity index (χ1) is 9.38. The lowest BCUT2D eigenvalue weighted by atomic mass is 10.3. The molecule has 1 aromatic carbocycles. The van der Waals surface area contributed by atoms with Gasteiger partial charge in [0.2, 0.25) is 5.91 Å². The van der Waals surface area contributed by atoms with Crippen LogP contribution < -0.4 is 16.4 Å². The van der Waals surface area contributed by atoms with Crippen LogP contribution in [0.2, 0.25) is 5.02 Å². The van der Waals surface area contributed by atoms with Crippen molar-refractivity contribution in [2.24, 2.45) is 0 Å². The molecular formula is C12H16ClN3O3S. The van der Waals surface area contributed by atoms with Crippen molar-refractivity contribution in [1.29, 1.82) is 0 Å². The van der Waals surface area contributed by atoms with Crippen LogP contribution >= 0.6 is 11.6 Å². The summed E-state index contributed by atoms with van der Waals surface area (Å²) in [5, 5.41) is 3.78. The number of hydrogen-bond donors (Lipinski definition) is 3. The van der Waals surface area contributed by atoms with E-state index in [9.17, 15) is 13.8 Å². The van der Waals surface area contributed by atoms with E-state index in [0.717, 1.165) is 0 Å². The van der Waals surface area contributed by atoms with Crippen LogP contribution in [0.15, 0.2) is 23.1 Å². The van der Waals surface area contributed by atoms with Crippen LogP contribution in [0.1, 0.15) is 13.8 Å². The van der Waals surface area contributed by atoms with Gasteiger partial charge in [0.15, 0.2) is 0 Å². The van der Waals surface area contributed by atoms with Gasteiger partial charge in [-0.25, -0.2) is 4.79 Å². The Hall–Kier alpha value is -1.60. The first kappa shape index (κ1) is 16.5. The van der Waals surface area contributed by atoms with E-state index >= 15 is 0 Å². The maximum atomic E-state index is 12.3. The van der Waals surface area contributed by atoms with Gasteiger partial charge >= 0.3 is 6.03 Å². The summed E-state index contributed by atoms with van der Waals surface area (Å²) in [5.74, 6) is -0.659. The zero-order chi connectivity index (χ0) is 15.3. The Labute approximate surface area is 124 Å². The van der Waals surface area contributed by atoms with E-state index in [1.165, 1.54) is 6.92 Å². The van der Waals surface area contributed by atoms with Crippen molar-refractivity contribution < 1.29 is 13.8 Å². The molecular weight excluding hydrogens is 302 g/mol. The molecule has 0 aliphatic heterocycles. The van der Waals surface area contributed by atoms with E-state index < -0.39 is 28.0 Å². The third kappa shape index (κ3) is 3.94. The van der Waals surface area contributed by atoms with Crippen LogP contribution in [0, 0.1) is 0 Å². The summed E-state index contributed by atoms with van der Waals surface area (Å²) in [6.07, 6.45) is 0. The summed E-state index contributed by atoms with van der Waals surface area (Å²) in [6, 6.07) is 4.08. The fourth-order valence-corrected chi connectivity index (χ4v) is 3.01. The molecule has 0 fully saturated rings. The summed E-state index contributed by atoms with van der Waals surface area (Å²) >= 11 is 5.94. The van der Waals surface area contributed by atoms with Crippen molar-refractivity contribution in [1.82, 2.24) is 10.6 Å². The minimum absolute atomic E-state index is 0.202. The maximum absolute atomic E-state index is 12.3. The van der Waals surface area contributed by atoms with Gasteiger partial charge in [0.25, 0.3) is 0 Å². The second-order valence-corrected chi connectivity index (χ2v) is 6.06. The Morgan fingerprint density at radius 1 is 1.45 bits per heavy atom. The maximum Gasteiger partial charge on any atom is 0.321 e. The number of carbonyl (C=O) groups excluding carboxylic acids is 2. The summed E-state index contributed by atoms with van der Waals surface area (Å²) in [6.45, 7) is 3.54. The molecule has 0 aliphatic rings. The Bertz CT molecular complexity index is 530. The molecule has 4 N–H and O–H groups in total. The molecule has 3 amide bonds. The molecule has 0 heterocycles. The topological polar surface area (TPSA) is 101 Å². The summed E-state index contributed by atoms with van der Waals surface area (Å²) in [4.78, 5) is 23.3. The average molecular weight is 318 g/mol. The van der Waals surface area contributed by atoms with Gasteiger partial charge in [0, 0.05) is 12.2 Å². The third-order valence-electron chi connectivity index (χ3n) is 2.46. The monoisotopic (exact) mass is 317 g/mol. The number of nitrogens with one attached hydrogen (secondary N) is 2. The van der Waals surface area contributed by atoms with Gasteiger partial charge in [0.05, 0.1) is 20.7 Å². The predicted molar refractivity (Wildman–Crippen MR) is 79.0 cm³/mol. The second-order valence-electron chi connectivity index (χ2n) is 3.95. The lowest BCUT2D eigenvalue weighted by Crippen LogP contribution is -2.44. The number of nitrogens with two attached hydrogens (primary N) is 1. The van der Waals surface area contributed by atoms with E-state index in [2.05, 4.69) is 10.6 Å². The van der Waals surface area contributed by atoms with E-state index in [-0.39, 0.29) is 15.6 Å². The zero-order valence-corrected chi connectivity index (χ0v) is 12.7. The van der Waals surface area contributed by atoms with Crippen molar-refractivity contribution in [3.8, 4) is 0 Å². The van der Waals surface area contributed by atoms with Gasteiger partial charge in [-0.3, -0.25) is 14.3 Å². The van der Waals surface area contributed by atoms with E-state index in [0.29, 0.717) is 6.54 Å². The number of imide groups is 1. The number of hydrogen-bond acceptors (Lipinski definition) is 4. The largest absolute Gasteiger partial charge is 0.398 e. The van der Waals surface area contributed by atoms with Gasteiger partial charge in [-0.05, 0) is 26.0 Å². The molecule has 0 spiro atoms. The lowest BCUT2D eigenvalue weighted by molar-refractivity contribution is -0.119. The van der Waals surface area contributed by atoms with Gasteiger partial charge in [-0.1, -0.05) is 17.7 Å². The fraction of sp³-hybridized carbons (Fsp3) is 0.333. The van der Waals surface area contributed by atoms with Gasteiger partial charge in [-0.15, -0.1) is 0 Å². The first-order valence-corrected chi connectivity index (χ1v) is 7.50. The third-order valence-corrected chi connectivity index (χ3v) is 4.60. The molecule has 0 bridgehead atoms. The van der Waals surface area contributed by atoms with E-state index in [1.54, 1.807) is 25.1 Å². The molecule has 20 heavy (non-hydrogen) atoms. The van der Waals surface area contributed by atoms with Crippen LogP contribution in [0.5, 0.6) is 0 Å². The summed E-state index contributed by atoms with van der Waals surface area (Å²) in [7, 11) is -1.75.